The summed E-state index contributed by atoms with van der Waals surface area (Å²) < 4.78 is 0. The molecule has 0 fully saturated rings. The second-order valence-corrected chi connectivity index (χ2v) is 6.12. The van der Waals surface area contributed by atoms with E-state index in [2.05, 4.69) is 43.3 Å². The van der Waals surface area contributed by atoms with Gasteiger partial charge in [-0.05, 0) is 25.7 Å². The molecule has 0 heterocycles. The molecule has 0 amide bonds. The second-order valence-electron chi connectivity index (χ2n) is 6.12. The first kappa shape index (κ1) is 20.3. The molecule has 0 radical (unpaired) electrons. The standard InChI is InChI=1S/C18H39N3/c1-6-10-14-16(12-8-3)20-18(19-5)21-17(13-9-4)15-11-7-2/h16-17H,6-15H2,1-5H3,(H2,19,20,21). The summed E-state index contributed by atoms with van der Waals surface area (Å²) in [6.45, 7) is 9.05. The first-order valence-electron chi connectivity index (χ1n) is 9.21. The van der Waals surface area contributed by atoms with Crippen molar-refractivity contribution in [1.29, 1.82) is 0 Å². The summed E-state index contributed by atoms with van der Waals surface area (Å²) in [5.41, 5.74) is 0. The van der Waals surface area contributed by atoms with Gasteiger partial charge in [-0.15, -0.1) is 0 Å². The molecule has 2 N–H and O–H groups in total. The van der Waals surface area contributed by atoms with E-state index >= 15 is 0 Å². The molecule has 0 spiro atoms. The normalized spacial score (nSPS) is 13.6. The Kier molecular flexibility index (Phi) is 13.7. The number of hydrogen-bond donors (Lipinski definition) is 2. The van der Waals surface area contributed by atoms with E-state index in [9.17, 15) is 0 Å². The molecule has 21 heavy (non-hydrogen) atoms. The summed E-state index contributed by atoms with van der Waals surface area (Å²) in [6, 6.07) is 1.13. The summed E-state index contributed by atoms with van der Waals surface area (Å²) in [5.74, 6) is 0.999. The number of aliphatic imine (C=N–C) groups is 1. The Labute approximate surface area is 133 Å². The Balaban J connectivity index is 4.42. The van der Waals surface area contributed by atoms with Gasteiger partial charge in [-0.25, -0.2) is 0 Å². The van der Waals surface area contributed by atoms with E-state index in [0.29, 0.717) is 12.1 Å². The zero-order valence-corrected chi connectivity index (χ0v) is 15.2. The molecule has 0 aliphatic heterocycles. The molecule has 0 aromatic rings. The van der Waals surface area contributed by atoms with Crippen LogP contribution in [-0.4, -0.2) is 25.1 Å². The minimum absolute atomic E-state index is 0.564. The molecule has 0 bridgehead atoms. The van der Waals surface area contributed by atoms with Gasteiger partial charge >= 0.3 is 0 Å². The van der Waals surface area contributed by atoms with Crippen LogP contribution in [0.5, 0.6) is 0 Å². The molecular formula is C18H39N3. The minimum atomic E-state index is 0.564. The molecule has 3 nitrogen and oxygen atoms in total. The Morgan fingerprint density at radius 3 is 1.43 bits per heavy atom. The van der Waals surface area contributed by atoms with Gasteiger partial charge in [0.05, 0.1) is 0 Å². The highest BCUT2D eigenvalue weighted by Gasteiger charge is 2.13. The number of guanidine groups is 1. The summed E-state index contributed by atoms with van der Waals surface area (Å²) in [6.07, 6.45) is 12.5. The van der Waals surface area contributed by atoms with Gasteiger partial charge in [0.1, 0.15) is 0 Å². The molecular weight excluding hydrogens is 258 g/mol. The van der Waals surface area contributed by atoms with Gasteiger partial charge in [0.15, 0.2) is 5.96 Å². The molecule has 0 aromatic heterocycles. The van der Waals surface area contributed by atoms with E-state index < -0.39 is 0 Å². The maximum Gasteiger partial charge on any atom is 0.191 e. The molecule has 0 aromatic carbocycles. The van der Waals surface area contributed by atoms with Crippen LogP contribution < -0.4 is 10.6 Å². The van der Waals surface area contributed by atoms with Gasteiger partial charge in [0, 0.05) is 19.1 Å². The number of unbranched alkanes of at least 4 members (excludes halogenated alkanes) is 2. The first-order chi connectivity index (χ1) is 10.2. The van der Waals surface area contributed by atoms with Crippen molar-refractivity contribution in [2.45, 2.75) is 104 Å². The molecule has 0 saturated heterocycles. The Morgan fingerprint density at radius 2 is 1.14 bits per heavy atom. The lowest BCUT2D eigenvalue weighted by Crippen LogP contribution is -2.47. The molecule has 0 saturated carbocycles. The van der Waals surface area contributed by atoms with Crippen LogP contribution in [0, 0.1) is 0 Å². The zero-order valence-electron chi connectivity index (χ0n) is 15.2. The highest BCUT2D eigenvalue weighted by atomic mass is 15.2. The van der Waals surface area contributed by atoms with E-state index in [1.807, 2.05) is 7.05 Å². The summed E-state index contributed by atoms with van der Waals surface area (Å²) >= 11 is 0. The van der Waals surface area contributed by atoms with Crippen molar-refractivity contribution in [3.8, 4) is 0 Å². The van der Waals surface area contributed by atoms with Gasteiger partial charge in [-0.1, -0.05) is 66.2 Å². The number of hydrogen-bond acceptors (Lipinski definition) is 1. The van der Waals surface area contributed by atoms with Crippen LogP contribution in [-0.2, 0) is 0 Å². The Morgan fingerprint density at radius 1 is 0.714 bits per heavy atom. The third-order valence-electron chi connectivity index (χ3n) is 3.99. The van der Waals surface area contributed by atoms with Crippen molar-refractivity contribution >= 4 is 5.96 Å². The lowest BCUT2D eigenvalue weighted by molar-refractivity contribution is 0.460. The third-order valence-corrected chi connectivity index (χ3v) is 3.99. The molecule has 2 atom stereocenters. The van der Waals surface area contributed by atoms with E-state index in [1.165, 1.54) is 64.2 Å². The fourth-order valence-corrected chi connectivity index (χ4v) is 2.73. The lowest BCUT2D eigenvalue weighted by Gasteiger charge is -2.25. The first-order valence-corrected chi connectivity index (χ1v) is 9.21. The van der Waals surface area contributed by atoms with Crippen molar-refractivity contribution < 1.29 is 0 Å². The maximum atomic E-state index is 4.44. The second kappa shape index (κ2) is 14.2. The van der Waals surface area contributed by atoms with Gasteiger partial charge in [0.25, 0.3) is 0 Å². The smallest absolute Gasteiger partial charge is 0.191 e. The van der Waals surface area contributed by atoms with Crippen molar-refractivity contribution in [3.05, 3.63) is 0 Å². The van der Waals surface area contributed by atoms with Crippen LogP contribution in [0.15, 0.2) is 4.99 Å². The van der Waals surface area contributed by atoms with Crippen molar-refractivity contribution in [2.75, 3.05) is 7.05 Å². The average Bonchev–Trinajstić information content (AvgIpc) is 2.49. The predicted octanol–water partition coefficient (Wildman–Crippen LogP) is 4.87. The highest BCUT2D eigenvalue weighted by Crippen LogP contribution is 2.09. The third kappa shape index (κ3) is 10.6. The van der Waals surface area contributed by atoms with Gasteiger partial charge in [0.2, 0.25) is 0 Å². The fraction of sp³-hybridized carbons (Fsp3) is 0.944. The molecule has 0 aliphatic rings. The topological polar surface area (TPSA) is 36.4 Å². The van der Waals surface area contributed by atoms with Crippen LogP contribution in [0.1, 0.15) is 91.9 Å². The van der Waals surface area contributed by atoms with Gasteiger partial charge in [-0.3, -0.25) is 4.99 Å². The Bertz CT molecular complexity index is 229. The average molecular weight is 298 g/mol. The van der Waals surface area contributed by atoms with Gasteiger partial charge < -0.3 is 10.6 Å². The molecule has 3 heteroatoms. The number of nitrogens with one attached hydrogen (secondary N) is 2. The van der Waals surface area contributed by atoms with Crippen molar-refractivity contribution in [2.24, 2.45) is 4.99 Å². The van der Waals surface area contributed by atoms with Crippen molar-refractivity contribution in [1.82, 2.24) is 10.6 Å². The SMILES string of the molecule is CCCCC(CCC)NC(=NC)NC(CCC)CCCC. The van der Waals surface area contributed by atoms with Crippen LogP contribution in [0.2, 0.25) is 0 Å². The molecule has 2 unspecified atom stereocenters. The van der Waals surface area contributed by atoms with Gasteiger partial charge in [-0.2, -0.15) is 0 Å². The van der Waals surface area contributed by atoms with E-state index in [-0.39, 0.29) is 0 Å². The van der Waals surface area contributed by atoms with Crippen LogP contribution in [0.3, 0.4) is 0 Å². The lowest BCUT2D eigenvalue weighted by atomic mass is 10.0. The quantitative estimate of drug-likeness (QED) is 0.398. The minimum Gasteiger partial charge on any atom is -0.354 e. The maximum absolute atomic E-state index is 4.44. The van der Waals surface area contributed by atoms with Crippen LogP contribution in [0.25, 0.3) is 0 Å². The predicted molar refractivity (Wildman–Crippen MR) is 96.1 cm³/mol. The van der Waals surface area contributed by atoms with E-state index in [0.717, 1.165) is 5.96 Å². The summed E-state index contributed by atoms with van der Waals surface area (Å²) in [7, 11) is 1.89. The zero-order chi connectivity index (χ0) is 15.9. The van der Waals surface area contributed by atoms with Crippen LogP contribution >= 0.6 is 0 Å². The van der Waals surface area contributed by atoms with E-state index in [4.69, 9.17) is 0 Å². The fourth-order valence-electron chi connectivity index (χ4n) is 2.73. The monoisotopic (exact) mass is 297 g/mol. The highest BCUT2D eigenvalue weighted by molar-refractivity contribution is 5.80. The Hall–Kier alpha value is -0.730. The van der Waals surface area contributed by atoms with E-state index in [1.54, 1.807) is 0 Å². The summed E-state index contributed by atoms with van der Waals surface area (Å²) in [5, 5.41) is 7.29. The molecule has 0 rings (SSSR count). The number of rotatable bonds is 12. The van der Waals surface area contributed by atoms with Crippen molar-refractivity contribution in [3.63, 3.8) is 0 Å². The van der Waals surface area contributed by atoms with Crippen LogP contribution in [0.4, 0.5) is 0 Å². The molecule has 0 aliphatic carbocycles. The molecule has 126 valence electrons. The summed E-state index contributed by atoms with van der Waals surface area (Å²) in [4.78, 5) is 4.44. The largest absolute Gasteiger partial charge is 0.354 e. The number of nitrogens with zero attached hydrogens (tertiary/aromatic N) is 1.